The predicted molar refractivity (Wildman–Crippen MR) is 100 cm³/mol. The molecule has 1 fully saturated rings. The van der Waals surface area contributed by atoms with Crippen molar-refractivity contribution in [1.82, 2.24) is 14.7 Å². The second kappa shape index (κ2) is 8.43. The number of aromatic carboxylic acids is 1. The van der Waals surface area contributed by atoms with Gasteiger partial charge in [-0.15, -0.1) is 0 Å². The first-order valence-corrected chi connectivity index (χ1v) is 9.23. The molecule has 0 spiro atoms. The molecule has 0 saturated carbocycles. The molecule has 0 aliphatic carbocycles. The number of aromatic nitrogens is 2. The molecular weight excluding hydrogens is 370 g/mol. The first-order valence-electron chi connectivity index (χ1n) is 8.85. The van der Waals surface area contributed by atoms with E-state index in [1.54, 1.807) is 18.0 Å². The molecule has 1 aromatic carbocycles. The van der Waals surface area contributed by atoms with Gasteiger partial charge in [-0.3, -0.25) is 9.48 Å². The molecule has 2 aromatic rings. The van der Waals surface area contributed by atoms with Crippen LogP contribution < -0.4 is 4.74 Å². The van der Waals surface area contributed by atoms with Crippen molar-refractivity contribution >= 4 is 23.5 Å². The summed E-state index contributed by atoms with van der Waals surface area (Å²) in [6.45, 7) is 1.30. The number of hydrogen-bond acceptors (Lipinski definition) is 4. The topological polar surface area (TPSA) is 84.7 Å². The summed E-state index contributed by atoms with van der Waals surface area (Å²) in [7, 11) is 1.57. The van der Waals surface area contributed by atoms with Crippen LogP contribution in [0.3, 0.4) is 0 Å². The predicted octanol–water partition coefficient (Wildman–Crippen LogP) is 3.04. The maximum atomic E-state index is 12.5. The Labute approximate surface area is 162 Å². The van der Waals surface area contributed by atoms with Crippen LogP contribution in [0.1, 0.15) is 41.2 Å². The number of benzene rings is 1. The summed E-state index contributed by atoms with van der Waals surface area (Å²) >= 11 is 6.12. The fourth-order valence-electron chi connectivity index (χ4n) is 3.30. The van der Waals surface area contributed by atoms with Crippen molar-refractivity contribution < 1.29 is 19.4 Å². The standard InChI is InChI=1S/C19H22ClN3O4/c1-27-17-4-2-13(10-16(17)20)3-5-18(24)22-8-6-15(7-9-22)23-12-14(11-21-23)19(25)26/h2,4,10-12,15H,3,5-9H2,1H3,(H,25,26). The molecule has 1 N–H and O–H groups in total. The van der Waals surface area contributed by atoms with Crippen molar-refractivity contribution in [1.29, 1.82) is 0 Å². The van der Waals surface area contributed by atoms with Gasteiger partial charge >= 0.3 is 5.97 Å². The van der Waals surface area contributed by atoms with Gasteiger partial charge in [0.05, 0.1) is 29.9 Å². The first kappa shape index (κ1) is 19.2. The van der Waals surface area contributed by atoms with E-state index in [1.165, 1.54) is 6.20 Å². The molecule has 0 atom stereocenters. The molecular formula is C19H22ClN3O4. The van der Waals surface area contributed by atoms with Crippen molar-refractivity contribution in [3.05, 3.63) is 46.7 Å². The minimum absolute atomic E-state index is 0.118. The molecule has 2 heterocycles. The van der Waals surface area contributed by atoms with Crippen LogP contribution in [0.5, 0.6) is 5.75 Å². The molecule has 1 aliphatic rings. The van der Waals surface area contributed by atoms with E-state index in [0.29, 0.717) is 36.7 Å². The minimum Gasteiger partial charge on any atom is -0.495 e. The maximum Gasteiger partial charge on any atom is 0.338 e. The van der Waals surface area contributed by atoms with Crippen LogP contribution in [-0.2, 0) is 11.2 Å². The molecule has 0 unspecified atom stereocenters. The summed E-state index contributed by atoms with van der Waals surface area (Å²) in [6, 6.07) is 5.69. The van der Waals surface area contributed by atoms with E-state index in [1.807, 2.05) is 23.1 Å². The van der Waals surface area contributed by atoms with Crippen LogP contribution in [0.25, 0.3) is 0 Å². The van der Waals surface area contributed by atoms with Crippen LogP contribution in [0.4, 0.5) is 0 Å². The zero-order valence-corrected chi connectivity index (χ0v) is 15.9. The van der Waals surface area contributed by atoms with Gasteiger partial charge in [-0.2, -0.15) is 5.10 Å². The largest absolute Gasteiger partial charge is 0.495 e. The fourth-order valence-corrected chi connectivity index (χ4v) is 3.58. The lowest BCUT2D eigenvalue weighted by molar-refractivity contribution is -0.132. The molecule has 7 nitrogen and oxygen atoms in total. The monoisotopic (exact) mass is 391 g/mol. The number of hydrogen-bond donors (Lipinski definition) is 1. The zero-order valence-electron chi connectivity index (χ0n) is 15.1. The van der Waals surface area contributed by atoms with E-state index in [9.17, 15) is 9.59 Å². The quantitative estimate of drug-likeness (QED) is 0.818. The fraction of sp³-hybridized carbons (Fsp3) is 0.421. The van der Waals surface area contributed by atoms with E-state index in [4.69, 9.17) is 21.4 Å². The molecule has 1 aromatic heterocycles. The zero-order chi connectivity index (χ0) is 19.4. The lowest BCUT2D eigenvalue weighted by atomic mass is 10.0. The van der Waals surface area contributed by atoms with Crippen LogP contribution >= 0.6 is 11.6 Å². The third-order valence-corrected chi connectivity index (χ3v) is 5.18. The number of carbonyl (C=O) groups excluding carboxylic acids is 1. The Balaban J connectivity index is 1.49. The molecule has 0 radical (unpaired) electrons. The highest BCUT2D eigenvalue weighted by atomic mass is 35.5. The maximum absolute atomic E-state index is 12.5. The number of ether oxygens (including phenoxy) is 1. The molecule has 1 aliphatic heterocycles. The van der Waals surface area contributed by atoms with Gasteiger partial charge in [-0.25, -0.2) is 4.79 Å². The van der Waals surface area contributed by atoms with Crippen LogP contribution in [0.2, 0.25) is 5.02 Å². The van der Waals surface area contributed by atoms with E-state index < -0.39 is 5.97 Å². The van der Waals surface area contributed by atoms with Gasteiger partial charge in [-0.1, -0.05) is 17.7 Å². The lowest BCUT2D eigenvalue weighted by Crippen LogP contribution is -2.39. The Morgan fingerprint density at radius 1 is 1.33 bits per heavy atom. The van der Waals surface area contributed by atoms with E-state index in [-0.39, 0.29) is 17.5 Å². The van der Waals surface area contributed by atoms with Crippen molar-refractivity contribution in [3.8, 4) is 5.75 Å². The van der Waals surface area contributed by atoms with Crippen LogP contribution in [0.15, 0.2) is 30.6 Å². The van der Waals surface area contributed by atoms with Gasteiger partial charge in [0.1, 0.15) is 5.75 Å². The summed E-state index contributed by atoms with van der Waals surface area (Å²) in [4.78, 5) is 25.3. The smallest absolute Gasteiger partial charge is 0.338 e. The third kappa shape index (κ3) is 4.60. The SMILES string of the molecule is COc1ccc(CCC(=O)N2CCC(n3cc(C(=O)O)cn3)CC2)cc1Cl. The Morgan fingerprint density at radius 3 is 2.67 bits per heavy atom. The summed E-state index contributed by atoms with van der Waals surface area (Å²) in [5.74, 6) is -0.238. The number of carbonyl (C=O) groups is 2. The van der Waals surface area contributed by atoms with E-state index >= 15 is 0 Å². The molecule has 0 bridgehead atoms. The second-order valence-electron chi connectivity index (χ2n) is 6.60. The first-order chi connectivity index (χ1) is 13.0. The second-order valence-corrected chi connectivity index (χ2v) is 7.00. The summed E-state index contributed by atoms with van der Waals surface area (Å²) in [6.07, 6.45) is 5.50. The van der Waals surface area contributed by atoms with E-state index in [2.05, 4.69) is 5.10 Å². The van der Waals surface area contributed by atoms with Gasteiger partial charge in [0, 0.05) is 25.7 Å². The molecule has 8 heteroatoms. The number of carboxylic acid groups (broad SMARTS) is 1. The third-order valence-electron chi connectivity index (χ3n) is 4.88. The highest BCUT2D eigenvalue weighted by Gasteiger charge is 2.24. The highest BCUT2D eigenvalue weighted by molar-refractivity contribution is 6.32. The number of nitrogens with zero attached hydrogens (tertiary/aromatic N) is 3. The van der Waals surface area contributed by atoms with Gasteiger partial charge in [0.15, 0.2) is 0 Å². The molecule has 1 saturated heterocycles. The molecule has 3 rings (SSSR count). The summed E-state index contributed by atoms with van der Waals surface area (Å²) in [5.41, 5.74) is 1.19. The Bertz CT molecular complexity index is 828. The average Bonchev–Trinajstić information content (AvgIpc) is 3.17. The van der Waals surface area contributed by atoms with Gasteiger partial charge in [0.2, 0.25) is 5.91 Å². The van der Waals surface area contributed by atoms with E-state index in [0.717, 1.165) is 18.4 Å². The lowest BCUT2D eigenvalue weighted by Gasteiger charge is -2.32. The summed E-state index contributed by atoms with van der Waals surface area (Å²) < 4.78 is 6.83. The minimum atomic E-state index is -0.979. The van der Waals surface area contributed by atoms with Gasteiger partial charge in [0.25, 0.3) is 0 Å². The van der Waals surface area contributed by atoms with Crippen LogP contribution in [-0.4, -0.2) is 51.9 Å². The average molecular weight is 392 g/mol. The molecule has 1 amide bonds. The van der Waals surface area contributed by atoms with Crippen molar-refractivity contribution in [3.63, 3.8) is 0 Å². The number of piperidine rings is 1. The van der Waals surface area contributed by atoms with Gasteiger partial charge in [-0.05, 0) is 37.0 Å². The van der Waals surface area contributed by atoms with Crippen molar-refractivity contribution in [2.24, 2.45) is 0 Å². The number of likely N-dealkylation sites (tertiary alicyclic amines) is 1. The number of amides is 1. The molecule has 27 heavy (non-hydrogen) atoms. The number of rotatable bonds is 6. The van der Waals surface area contributed by atoms with Crippen LogP contribution in [0, 0.1) is 0 Å². The van der Waals surface area contributed by atoms with Crippen molar-refractivity contribution in [2.45, 2.75) is 31.7 Å². The van der Waals surface area contributed by atoms with Crippen molar-refractivity contribution in [2.75, 3.05) is 20.2 Å². The summed E-state index contributed by atoms with van der Waals surface area (Å²) in [5, 5.41) is 13.7. The normalized spacial score (nSPS) is 15.0. The Morgan fingerprint density at radius 2 is 2.07 bits per heavy atom. The highest BCUT2D eigenvalue weighted by Crippen LogP contribution is 2.26. The number of methoxy groups -OCH3 is 1. The number of halogens is 1. The molecule has 144 valence electrons. The number of aryl methyl sites for hydroxylation is 1. The Hall–Kier alpha value is -2.54. The number of carboxylic acids is 1. The Kier molecular flexibility index (Phi) is 6.01. The van der Waals surface area contributed by atoms with Gasteiger partial charge < -0.3 is 14.7 Å².